The van der Waals surface area contributed by atoms with Crippen LogP contribution < -0.4 is 5.32 Å². The van der Waals surface area contributed by atoms with Crippen LogP contribution in [0.4, 0.5) is 0 Å². The average Bonchev–Trinajstić information content (AvgIpc) is 2.40. The Balaban J connectivity index is 2.54. The van der Waals surface area contributed by atoms with E-state index in [4.69, 9.17) is 9.47 Å². The Bertz CT molecular complexity index is 192. The summed E-state index contributed by atoms with van der Waals surface area (Å²) >= 11 is 0. The van der Waals surface area contributed by atoms with Crippen LogP contribution in [-0.2, 0) is 9.47 Å². The molecule has 0 radical (unpaired) electrons. The number of methoxy groups -OCH3 is 2. The van der Waals surface area contributed by atoms with Gasteiger partial charge in [0.05, 0.1) is 13.2 Å². The molecule has 4 nitrogen and oxygen atoms in total. The fourth-order valence-electron chi connectivity index (χ4n) is 2.91. The number of ether oxygens (including phenoxy) is 2. The van der Waals surface area contributed by atoms with Crippen LogP contribution in [0.3, 0.4) is 0 Å². The zero-order valence-corrected chi connectivity index (χ0v) is 12.3. The molecule has 0 aromatic rings. The molecule has 108 valence electrons. The molecule has 18 heavy (non-hydrogen) atoms. The van der Waals surface area contributed by atoms with Gasteiger partial charge in [0.1, 0.15) is 0 Å². The number of hydrogen-bond acceptors (Lipinski definition) is 4. The Morgan fingerprint density at radius 2 is 1.67 bits per heavy atom. The highest BCUT2D eigenvalue weighted by molar-refractivity contribution is 4.88. The molecule has 0 saturated heterocycles. The van der Waals surface area contributed by atoms with E-state index < -0.39 is 0 Å². The fraction of sp³-hybridized carbons (Fsp3) is 1.00. The fourth-order valence-corrected chi connectivity index (χ4v) is 2.91. The second-order valence-electron chi connectivity index (χ2n) is 5.04. The Morgan fingerprint density at radius 3 is 2.22 bits per heavy atom. The summed E-state index contributed by atoms with van der Waals surface area (Å²) in [5.41, 5.74) is 0. The van der Waals surface area contributed by atoms with E-state index in [2.05, 4.69) is 17.1 Å². The van der Waals surface area contributed by atoms with Gasteiger partial charge in [-0.2, -0.15) is 0 Å². The van der Waals surface area contributed by atoms with Crippen molar-refractivity contribution in [1.82, 2.24) is 10.2 Å². The third kappa shape index (κ3) is 5.22. The van der Waals surface area contributed by atoms with E-state index in [1.54, 1.807) is 14.2 Å². The molecule has 0 aromatic heterocycles. The number of nitrogens with zero attached hydrogens (tertiary/aromatic N) is 1. The lowest BCUT2D eigenvalue weighted by Gasteiger charge is -2.40. The van der Waals surface area contributed by atoms with Crippen molar-refractivity contribution in [1.29, 1.82) is 0 Å². The van der Waals surface area contributed by atoms with Gasteiger partial charge in [0, 0.05) is 39.4 Å². The summed E-state index contributed by atoms with van der Waals surface area (Å²) in [4.78, 5) is 2.54. The maximum atomic E-state index is 5.24. The summed E-state index contributed by atoms with van der Waals surface area (Å²) < 4.78 is 10.5. The third-order valence-electron chi connectivity index (χ3n) is 3.83. The van der Waals surface area contributed by atoms with E-state index in [1.807, 2.05) is 0 Å². The lowest BCUT2D eigenvalue weighted by Crippen LogP contribution is -2.53. The van der Waals surface area contributed by atoms with Gasteiger partial charge in [0.2, 0.25) is 0 Å². The number of nitrogens with one attached hydrogen (secondary N) is 1. The van der Waals surface area contributed by atoms with Crippen LogP contribution in [0.25, 0.3) is 0 Å². The standard InChI is InChI=1S/C14H30N2O2/c1-4-15-13-7-5-6-8-14(13)16(9-11-17-2)10-12-18-3/h13-15H,4-12H2,1-3H3. The highest BCUT2D eigenvalue weighted by atomic mass is 16.5. The zero-order chi connectivity index (χ0) is 13.2. The van der Waals surface area contributed by atoms with Crippen molar-refractivity contribution in [3.63, 3.8) is 0 Å². The van der Waals surface area contributed by atoms with Gasteiger partial charge in [-0.25, -0.2) is 0 Å². The molecule has 2 atom stereocenters. The summed E-state index contributed by atoms with van der Waals surface area (Å²) in [5.74, 6) is 0. The van der Waals surface area contributed by atoms with Crippen molar-refractivity contribution in [3.8, 4) is 0 Å². The van der Waals surface area contributed by atoms with E-state index in [0.717, 1.165) is 32.8 Å². The van der Waals surface area contributed by atoms with Gasteiger partial charge in [0.15, 0.2) is 0 Å². The molecular formula is C14H30N2O2. The molecule has 0 bridgehead atoms. The van der Waals surface area contributed by atoms with Crippen molar-refractivity contribution < 1.29 is 9.47 Å². The minimum atomic E-state index is 0.637. The monoisotopic (exact) mass is 258 g/mol. The zero-order valence-electron chi connectivity index (χ0n) is 12.3. The Labute approximate surface area is 112 Å². The van der Waals surface area contributed by atoms with E-state index in [9.17, 15) is 0 Å². The first-order chi connectivity index (χ1) is 8.83. The molecule has 1 rings (SSSR count). The molecule has 4 heteroatoms. The van der Waals surface area contributed by atoms with Crippen LogP contribution in [0.5, 0.6) is 0 Å². The Morgan fingerprint density at radius 1 is 1.06 bits per heavy atom. The molecular weight excluding hydrogens is 228 g/mol. The molecule has 1 fully saturated rings. The summed E-state index contributed by atoms with van der Waals surface area (Å²) in [7, 11) is 3.55. The maximum Gasteiger partial charge on any atom is 0.0589 e. The van der Waals surface area contributed by atoms with Crippen LogP contribution in [0, 0.1) is 0 Å². The van der Waals surface area contributed by atoms with Crippen molar-refractivity contribution >= 4 is 0 Å². The van der Waals surface area contributed by atoms with E-state index in [0.29, 0.717) is 12.1 Å². The van der Waals surface area contributed by atoms with Crippen LogP contribution in [-0.4, -0.2) is 64.1 Å². The largest absolute Gasteiger partial charge is 0.383 e. The molecule has 0 aromatic carbocycles. The first-order valence-electron chi connectivity index (χ1n) is 7.28. The van der Waals surface area contributed by atoms with Crippen molar-refractivity contribution in [2.75, 3.05) is 47.1 Å². The summed E-state index contributed by atoms with van der Waals surface area (Å²) in [5, 5.41) is 3.64. The minimum Gasteiger partial charge on any atom is -0.383 e. The van der Waals surface area contributed by atoms with Crippen molar-refractivity contribution in [3.05, 3.63) is 0 Å². The Hall–Kier alpha value is -0.160. The van der Waals surface area contributed by atoms with Crippen LogP contribution in [0.15, 0.2) is 0 Å². The second-order valence-corrected chi connectivity index (χ2v) is 5.04. The first-order valence-corrected chi connectivity index (χ1v) is 7.28. The SMILES string of the molecule is CCNC1CCCCC1N(CCOC)CCOC. The molecule has 0 amide bonds. The average molecular weight is 258 g/mol. The minimum absolute atomic E-state index is 0.637. The quantitative estimate of drug-likeness (QED) is 0.679. The molecule has 1 N–H and O–H groups in total. The van der Waals surface area contributed by atoms with E-state index in [-0.39, 0.29) is 0 Å². The molecule has 1 aliphatic rings. The van der Waals surface area contributed by atoms with Gasteiger partial charge in [-0.3, -0.25) is 4.90 Å². The van der Waals surface area contributed by atoms with Gasteiger partial charge in [0.25, 0.3) is 0 Å². The topological polar surface area (TPSA) is 33.7 Å². The van der Waals surface area contributed by atoms with Crippen LogP contribution in [0.2, 0.25) is 0 Å². The van der Waals surface area contributed by atoms with Gasteiger partial charge in [-0.05, 0) is 19.4 Å². The molecule has 0 spiro atoms. The normalized spacial score (nSPS) is 24.7. The van der Waals surface area contributed by atoms with Gasteiger partial charge in [-0.1, -0.05) is 19.8 Å². The summed E-state index contributed by atoms with van der Waals surface area (Å²) in [6.07, 6.45) is 5.31. The second kappa shape index (κ2) is 9.73. The van der Waals surface area contributed by atoms with Crippen molar-refractivity contribution in [2.45, 2.75) is 44.7 Å². The summed E-state index contributed by atoms with van der Waals surface area (Å²) in [6, 6.07) is 1.28. The van der Waals surface area contributed by atoms with E-state index in [1.165, 1.54) is 25.7 Å². The molecule has 1 saturated carbocycles. The number of likely N-dealkylation sites (N-methyl/N-ethyl adjacent to an activating group) is 1. The predicted octanol–water partition coefficient (Wildman–Crippen LogP) is 1.50. The molecule has 0 heterocycles. The smallest absolute Gasteiger partial charge is 0.0589 e. The predicted molar refractivity (Wildman–Crippen MR) is 75.0 cm³/mol. The third-order valence-corrected chi connectivity index (χ3v) is 3.83. The van der Waals surface area contributed by atoms with Gasteiger partial charge < -0.3 is 14.8 Å². The highest BCUT2D eigenvalue weighted by Crippen LogP contribution is 2.23. The van der Waals surface area contributed by atoms with Crippen LogP contribution >= 0.6 is 0 Å². The highest BCUT2D eigenvalue weighted by Gasteiger charge is 2.29. The number of hydrogen-bond donors (Lipinski definition) is 1. The molecule has 2 unspecified atom stereocenters. The molecule has 0 aliphatic heterocycles. The maximum absolute atomic E-state index is 5.24. The van der Waals surface area contributed by atoms with Gasteiger partial charge in [-0.15, -0.1) is 0 Å². The lowest BCUT2D eigenvalue weighted by molar-refractivity contribution is 0.0596. The Kier molecular flexibility index (Phi) is 8.59. The van der Waals surface area contributed by atoms with Gasteiger partial charge >= 0.3 is 0 Å². The van der Waals surface area contributed by atoms with E-state index >= 15 is 0 Å². The first kappa shape index (κ1) is 15.9. The molecule has 1 aliphatic carbocycles. The summed E-state index contributed by atoms with van der Waals surface area (Å²) in [6.45, 7) is 6.88. The lowest BCUT2D eigenvalue weighted by atomic mass is 9.89. The number of rotatable bonds is 9. The van der Waals surface area contributed by atoms with Crippen molar-refractivity contribution in [2.24, 2.45) is 0 Å². The van der Waals surface area contributed by atoms with Crippen LogP contribution in [0.1, 0.15) is 32.6 Å².